The van der Waals surface area contributed by atoms with Crippen LogP contribution in [0.15, 0.2) is 36.5 Å². The predicted molar refractivity (Wildman–Crippen MR) is 75.7 cm³/mol. The molecule has 0 unspecified atom stereocenters. The first-order valence-electron chi connectivity index (χ1n) is 6.07. The highest BCUT2D eigenvalue weighted by Gasteiger charge is 2.19. The summed E-state index contributed by atoms with van der Waals surface area (Å²) in [5.41, 5.74) is 0.564. The SMILES string of the molecule is C[C@H](OC(=O)c1ccc[nH]1)C(=O)Nc1ccc(F)c(Cl)c1. The molecule has 1 atom stereocenters. The van der Waals surface area contributed by atoms with E-state index in [9.17, 15) is 14.0 Å². The van der Waals surface area contributed by atoms with Gasteiger partial charge in [-0.05, 0) is 37.3 Å². The minimum absolute atomic E-state index is 0.108. The first-order chi connectivity index (χ1) is 9.97. The van der Waals surface area contributed by atoms with Gasteiger partial charge in [0.2, 0.25) is 0 Å². The molecule has 0 saturated heterocycles. The number of amides is 1. The third-order valence-electron chi connectivity index (χ3n) is 2.66. The molecule has 0 radical (unpaired) electrons. The number of aromatic nitrogens is 1. The van der Waals surface area contributed by atoms with Crippen molar-refractivity contribution in [3.63, 3.8) is 0 Å². The zero-order valence-corrected chi connectivity index (χ0v) is 11.8. The highest BCUT2D eigenvalue weighted by atomic mass is 35.5. The molecule has 0 bridgehead atoms. The average Bonchev–Trinajstić information content (AvgIpc) is 2.97. The van der Waals surface area contributed by atoms with E-state index >= 15 is 0 Å². The molecule has 7 heteroatoms. The van der Waals surface area contributed by atoms with Crippen molar-refractivity contribution in [1.29, 1.82) is 0 Å². The summed E-state index contributed by atoms with van der Waals surface area (Å²) >= 11 is 5.61. The van der Waals surface area contributed by atoms with Crippen LogP contribution in [0, 0.1) is 5.82 Å². The van der Waals surface area contributed by atoms with Crippen LogP contribution in [0.1, 0.15) is 17.4 Å². The topological polar surface area (TPSA) is 71.2 Å². The average molecular weight is 311 g/mol. The summed E-state index contributed by atoms with van der Waals surface area (Å²) in [6, 6.07) is 6.94. The molecule has 1 aromatic heterocycles. The van der Waals surface area contributed by atoms with Gasteiger partial charge in [0.15, 0.2) is 6.10 Å². The van der Waals surface area contributed by atoms with E-state index in [-0.39, 0.29) is 10.7 Å². The van der Waals surface area contributed by atoms with E-state index in [1.54, 1.807) is 12.3 Å². The minimum atomic E-state index is -1.01. The molecule has 110 valence electrons. The van der Waals surface area contributed by atoms with Crippen molar-refractivity contribution >= 4 is 29.2 Å². The largest absolute Gasteiger partial charge is 0.448 e. The van der Waals surface area contributed by atoms with E-state index in [0.29, 0.717) is 5.69 Å². The molecule has 1 aromatic carbocycles. The zero-order chi connectivity index (χ0) is 15.4. The number of anilines is 1. The maximum absolute atomic E-state index is 13.0. The lowest BCUT2D eigenvalue weighted by atomic mass is 10.3. The fourth-order valence-electron chi connectivity index (χ4n) is 1.55. The highest BCUT2D eigenvalue weighted by Crippen LogP contribution is 2.19. The zero-order valence-electron chi connectivity index (χ0n) is 11.0. The van der Waals surface area contributed by atoms with Crippen LogP contribution in [0.25, 0.3) is 0 Å². The number of nitrogens with one attached hydrogen (secondary N) is 2. The van der Waals surface area contributed by atoms with Crippen LogP contribution in [0.5, 0.6) is 0 Å². The van der Waals surface area contributed by atoms with E-state index in [2.05, 4.69) is 10.3 Å². The molecule has 0 aliphatic rings. The predicted octanol–water partition coefficient (Wildman–Crippen LogP) is 2.99. The van der Waals surface area contributed by atoms with Gasteiger partial charge in [0.05, 0.1) is 5.02 Å². The maximum atomic E-state index is 13.0. The molecule has 0 aliphatic heterocycles. The second-order valence-electron chi connectivity index (χ2n) is 4.25. The van der Waals surface area contributed by atoms with E-state index < -0.39 is 23.8 Å². The quantitative estimate of drug-likeness (QED) is 0.853. The Bertz CT molecular complexity index is 658. The molecule has 1 heterocycles. The molecule has 2 rings (SSSR count). The number of carbonyl (C=O) groups is 2. The van der Waals surface area contributed by atoms with Gasteiger partial charge in [-0.3, -0.25) is 4.79 Å². The monoisotopic (exact) mass is 310 g/mol. The number of esters is 1. The summed E-state index contributed by atoms with van der Waals surface area (Å²) in [6.45, 7) is 1.43. The number of carbonyl (C=O) groups excluding carboxylic acids is 2. The summed E-state index contributed by atoms with van der Waals surface area (Å²) in [4.78, 5) is 26.2. The molecule has 0 fully saturated rings. The van der Waals surface area contributed by atoms with Gasteiger partial charge >= 0.3 is 5.97 Å². The molecular formula is C14H12ClFN2O3. The Morgan fingerprint density at radius 3 is 2.76 bits per heavy atom. The van der Waals surface area contributed by atoms with Crippen LogP contribution >= 0.6 is 11.6 Å². The molecular weight excluding hydrogens is 299 g/mol. The van der Waals surface area contributed by atoms with Crippen molar-refractivity contribution in [2.24, 2.45) is 0 Å². The number of hydrogen-bond donors (Lipinski definition) is 2. The molecule has 0 saturated carbocycles. The van der Waals surface area contributed by atoms with Crippen molar-refractivity contribution in [2.45, 2.75) is 13.0 Å². The number of rotatable bonds is 4. The summed E-state index contributed by atoms with van der Waals surface area (Å²) in [7, 11) is 0. The fourth-order valence-corrected chi connectivity index (χ4v) is 1.73. The van der Waals surface area contributed by atoms with Crippen LogP contribution < -0.4 is 5.32 Å². The Hall–Kier alpha value is -2.34. The number of benzene rings is 1. The van der Waals surface area contributed by atoms with Gasteiger partial charge < -0.3 is 15.0 Å². The van der Waals surface area contributed by atoms with Gasteiger partial charge in [0.1, 0.15) is 11.5 Å². The number of halogens is 2. The van der Waals surface area contributed by atoms with Gasteiger partial charge in [0.25, 0.3) is 5.91 Å². The fraction of sp³-hybridized carbons (Fsp3) is 0.143. The van der Waals surface area contributed by atoms with E-state index in [4.69, 9.17) is 16.3 Å². The van der Waals surface area contributed by atoms with E-state index in [1.165, 1.54) is 25.1 Å². The number of ether oxygens (including phenoxy) is 1. The second kappa shape index (κ2) is 6.41. The summed E-state index contributed by atoms with van der Waals surface area (Å²) in [6.07, 6.45) is 0.562. The minimum Gasteiger partial charge on any atom is -0.448 e. The molecule has 0 aliphatic carbocycles. The van der Waals surface area contributed by atoms with Crippen LogP contribution in [-0.2, 0) is 9.53 Å². The van der Waals surface area contributed by atoms with Gasteiger partial charge in [-0.15, -0.1) is 0 Å². The molecule has 0 spiro atoms. The molecule has 1 amide bonds. The van der Waals surface area contributed by atoms with Crippen molar-refractivity contribution < 1.29 is 18.7 Å². The molecule has 21 heavy (non-hydrogen) atoms. The maximum Gasteiger partial charge on any atom is 0.355 e. The van der Waals surface area contributed by atoms with Crippen molar-refractivity contribution in [2.75, 3.05) is 5.32 Å². The molecule has 5 nitrogen and oxygen atoms in total. The van der Waals surface area contributed by atoms with Crippen molar-refractivity contribution in [3.8, 4) is 0 Å². The second-order valence-corrected chi connectivity index (χ2v) is 4.66. The number of H-pyrrole nitrogens is 1. The van der Waals surface area contributed by atoms with E-state index in [0.717, 1.165) is 6.07 Å². The lowest BCUT2D eigenvalue weighted by Crippen LogP contribution is -2.30. The van der Waals surface area contributed by atoms with Crippen LogP contribution in [-0.4, -0.2) is 23.0 Å². The normalized spacial score (nSPS) is 11.8. The smallest absolute Gasteiger partial charge is 0.355 e. The lowest BCUT2D eigenvalue weighted by molar-refractivity contribution is -0.123. The first-order valence-corrected chi connectivity index (χ1v) is 6.45. The highest BCUT2D eigenvalue weighted by molar-refractivity contribution is 6.31. The van der Waals surface area contributed by atoms with Gasteiger partial charge in [0, 0.05) is 11.9 Å². The van der Waals surface area contributed by atoms with Crippen LogP contribution in [0.4, 0.5) is 10.1 Å². The summed E-state index contributed by atoms with van der Waals surface area (Å²) in [5, 5.41) is 2.38. The standard InChI is InChI=1S/C14H12ClFN2O3/c1-8(21-14(20)12-3-2-6-17-12)13(19)18-9-4-5-11(16)10(15)7-9/h2-8,17H,1H3,(H,18,19)/t8-/m0/s1. The summed E-state index contributed by atoms with van der Waals surface area (Å²) < 4.78 is 18.0. The lowest BCUT2D eigenvalue weighted by Gasteiger charge is -2.13. The Kier molecular flexibility index (Phi) is 4.59. The first kappa shape index (κ1) is 15.1. The van der Waals surface area contributed by atoms with Gasteiger partial charge in [-0.2, -0.15) is 0 Å². The third kappa shape index (κ3) is 3.82. The number of hydrogen-bond acceptors (Lipinski definition) is 3. The van der Waals surface area contributed by atoms with E-state index in [1.807, 2.05) is 0 Å². The molecule has 2 aromatic rings. The third-order valence-corrected chi connectivity index (χ3v) is 2.95. The summed E-state index contributed by atoms with van der Waals surface area (Å²) in [5.74, 6) is -1.77. The Labute approximate surface area is 125 Å². The van der Waals surface area contributed by atoms with Crippen molar-refractivity contribution in [1.82, 2.24) is 4.98 Å². The Balaban J connectivity index is 1.96. The van der Waals surface area contributed by atoms with Crippen LogP contribution in [0.2, 0.25) is 5.02 Å². The van der Waals surface area contributed by atoms with Crippen LogP contribution in [0.3, 0.4) is 0 Å². The Morgan fingerprint density at radius 2 is 2.14 bits per heavy atom. The van der Waals surface area contributed by atoms with Gasteiger partial charge in [-0.1, -0.05) is 11.6 Å². The molecule has 2 N–H and O–H groups in total. The number of aromatic amines is 1. The van der Waals surface area contributed by atoms with Crippen molar-refractivity contribution in [3.05, 3.63) is 53.1 Å². The van der Waals surface area contributed by atoms with Gasteiger partial charge in [-0.25, -0.2) is 9.18 Å². The Morgan fingerprint density at radius 1 is 1.38 bits per heavy atom.